The van der Waals surface area contributed by atoms with Crippen molar-refractivity contribution < 1.29 is 9.59 Å². The maximum absolute atomic E-state index is 12.2. The SMILES string of the molecule is O=C(CNCC1CC1)NCC(=O)N1CCN(c2ccccc2)CC1. The third-order valence-electron chi connectivity index (χ3n) is 4.61. The van der Waals surface area contributed by atoms with Crippen LogP contribution in [0.2, 0.25) is 0 Å². The average molecular weight is 330 g/mol. The molecule has 1 aromatic rings. The van der Waals surface area contributed by atoms with E-state index in [2.05, 4.69) is 27.7 Å². The molecule has 0 aromatic heterocycles. The zero-order valence-corrected chi connectivity index (χ0v) is 14.0. The van der Waals surface area contributed by atoms with Gasteiger partial charge < -0.3 is 20.4 Å². The van der Waals surface area contributed by atoms with Gasteiger partial charge in [-0.3, -0.25) is 9.59 Å². The molecular formula is C18H26N4O2. The molecule has 0 atom stereocenters. The first-order chi connectivity index (χ1) is 11.7. The van der Waals surface area contributed by atoms with Gasteiger partial charge >= 0.3 is 0 Å². The minimum atomic E-state index is -0.105. The second kappa shape index (κ2) is 8.15. The standard InChI is InChI=1S/C18H26N4O2/c23-17(13-19-12-15-6-7-15)20-14-18(24)22-10-8-21(9-11-22)16-4-2-1-3-5-16/h1-5,15,19H,6-14H2,(H,20,23). The van der Waals surface area contributed by atoms with Gasteiger partial charge in [0.15, 0.2) is 0 Å². The number of piperazine rings is 1. The quantitative estimate of drug-likeness (QED) is 0.762. The van der Waals surface area contributed by atoms with Crippen LogP contribution in [0.1, 0.15) is 12.8 Å². The second-order valence-corrected chi connectivity index (χ2v) is 6.55. The first kappa shape index (κ1) is 16.8. The monoisotopic (exact) mass is 330 g/mol. The fourth-order valence-corrected chi connectivity index (χ4v) is 2.91. The minimum Gasteiger partial charge on any atom is -0.368 e. The van der Waals surface area contributed by atoms with Crippen molar-refractivity contribution >= 4 is 17.5 Å². The van der Waals surface area contributed by atoms with Gasteiger partial charge in [0.2, 0.25) is 11.8 Å². The van der Waals surface area contributed by atoms with E-state index in [1.165, 1.54) is 18.5 Å². The lowest BCUT2D eigenvalue weighted by Crippen LogP contribution is -2.51. The molecule has 1 aliphatic heterocycles. The number of carbonyl (C=O) groups excluding carboxylic acids is 2. The van der Waals surface area contributed by atoms with E-state index in [9.17, 15) is 9.59 Å². The van der Waals surface area contributed by atoms with Crippen LogP contribution < -0.4 is 15.5 Å². The Morgan fingerprint density at radius 1 is 1.00 bits per heavy atom. The Balaban J connectivity index is 1.33. The molecule has 2 fully saturated rings. The molecule has 1 aromatic carbocycles. The largest absolute Gasteiger partial charge is 0.368 e. The predicted molar refractivity (Wildman–Crippen MR) is 93.8 cm³/mol. The molecule has 0 bridgehead atoms. The van der Waals surface area contributed by atoms with Crippen LogP contribution in [0, 0.1) is 5.92 Å². The molecule has 1 heterocycles. The Kier molecular flexibility index (Phi) is 5.69. The summed E-state index contributed by atoms with van der Waals surface area (Å²) in [6, 6.07) is 10.2. The highest BCUT2D eigenvalue weighted by atomic mass is 16.2. The summed E-state index contributed by atoms with van der Waals surface area (Å²) in [5, 5.41) is 5.84. The first-order valence-electron chi connectivity index (χ1n) is 8.77. The Labute approximate surface area is 143 Å². The van der Waals surface area contributed by atoms with Gasteiger partial charge in [0.05, 0.1) is 13.1 Å². The van der Waals surface area contributed by atoms with Crippen LogP contribution in [-0.2, 0) is 9.59 Å². The van der Waals surface area contributed by atoms with E-state index in [0.717, 1.165) is 25.6 Å². The topological polar surface area (TPSA) is 64.7 Å². The van der Waals surface area contributed by atoms with Gasteiger partial charge in [-0.1, -0.05) is 18.2 Å². The van der Waals surface area contributed by atoms with Crippen LogP contribution in [0.5, 0.6) is 0 Å². The van der Waals surface area contributed by atoms with E-state index < -0.39 is 0 Å². The molecule has 130 valence electrons. The number of nitrogens with zero attached hydrogens (tertiary/aromatic N) is 2. The number of anilines is 1. The Bertz CT molecular complexity index is 551. The molecule has 2 amide bonds. The Morgan fingerprint density at radius 2 is 1.71 bits per heavy atom. The molecule has 6 heteroatoms. The molecule has 2 aliphatic rings. The lowest BCUT2D eigenvalue weighted by molar-refractivity contribution is -0.132. The summed E-state index contributed by atoms with van der Waals surface area (Å²) in [4.78, 5) is 28.0. The number of nitrogens with one attached hydrogen (secondary N) is 2. The highest BCUT2D eigenvalue weighted by molar-refractivity contribution is 5.85. The normalized spacial score (nSPS) is 17.7. The summed E-state index contributed by atoms with van der Waals surface area (Å²) in [6.07, 6.45) is 2.53. The number of carbonyl (C=O) groups is 2. The van der Waals surface area contributed by atoms with Crippen LogP contribution in [0.15, 0.2) is 30.3 Å². The summed E-state index contributed by atoms with van der Waals surface area (Å²) >= 11 is 0. The summed E-state index contributed by atoms with van der Waals surface area (Å²) in [5.41, 5.74) is 1.19. The maximum Gasteiger partial charge on any atom is 0.242 e. The zero-order valence-electron chi connectivity index (χ0n) is 14.0. The van der Waals surface area contributed by atoms with Crippen molar-refractivity contribution in [3.05, 3.63) is 30.3 Å². The third kappa shape index (κ3) is 4.96. The fourth-order valence-electron chi connectivity index (χ4n) is 2.91. The lowest BCUT2D eigenvalue weighted by atomic mass is 10.2. The van der Waals surface area contributed by atoms with Crippen LogP contribution in [0.4, 0.5) is 5.69 Å². The predicted octanol–water partition coefficient (Wildman–Crippen LogP) is 0.451. The smallest absolute Gasteiger partial charge is 0.242 e. The van der Waals surface area contributed by atoms with Crippen LogP contribution in [0.25, 0.3) is 0 Å². The van der Waals surface area contributed by atoms with Gasteiger partial charge in [0.25, 0.3) is 0 Å². The van der Waals surface area contributed by atoms with Gasteiger partial charge in [0.1, 0.15) is 0 Å². The van der Waals surface area contributed by atoms with Crippen molar-refractivity contribution in [1.82, 2.24) is 15.5 Å². The highest BCUT2D eigenvalue weighted by Gasteiger charge is 2.22. The molecule has 1 aliphatic carbocycles. The molecule has 1 saturated carbocycles. The number of para-hydroxylation sites is 1. The summed E-state index contributed by atoms with van der Waals surface area (Å²) < 4.78 is 0. The molecule has 3 rings (SSSR count). The van der Waals surface area contributed by atoms with Crippen LogP contribution in [0.3, 0.4) is 0 Å². The van der Waals surface area contributed by atoms with Crippen molar-refractivity contribution in [2.45, 2.75) is 12.8 Å². The lowest BCUT2D eigenvalue weighted by Gasteiger charge is -2.36. The Hall–Kier alpha value is -2.08. The van der Waals surface area contributed by atoms with Gasteiger partial charge in [-0.05, 0) is 37.4 Å². The molecular weight excluding hydrogens is 304 g/mol. The summed E-state index contributed by atoms with van der Waals surface area (Å²) in [6.45, 7) is 4.34. The van der Waals surface area contributed by atoms with Crippen molar-refractivity contribution in [3.63, 3.8) is 0 Å². The average Bonchev–Trinajstić information content (AvgIpc) is 3.45. The van der Waals surface area contributed by atoms with Crippen molar-refractivity contribution in [1.29, 1.82) is 0 Å². The number of amides is 2. The van der Waals surface area contributed by atoms with Gasteiger partial charge in [-0.2, -0.15) is 0 Å². The minimum absolute atomic E-state index is 0.00162. The molecule has 0 spiro atoms. The van der Waals surface area contributed by atoms with E-state index in [1.54, 1.807) is 0 Å². The molecule has 0 radical (unpaired) electrons. The van der Waals surface area contributed by atoms with Gasteiger partial charge in [-0.25, -0.2) is 0 Å². The van der Waals surface area contributed by atoms with E-state index in [1.807, 2.05) is 23.1 Å². The van der Waals surface area contributed by atoms with E-state index in [4.69, 9.17) is 0 Å². The van der Waals surface area contributed by atoms with E-state index in [-0.39, 0.29) is 18.4 Å². The number of rotatable bonds is 7. The molecule has 24 heavy (non-hydrogen) atoms. The van der Waals surface area contributed by atoms with Crippen LogP contribution in [-0.4, -0.2) is 62.5 Å². The van der Waals surface area contributed by atoms with Crippen molar-refractivity contribution in [2.24, 2.45) is 5.92 Å². The van der Waals surface area contributed by atoms with Crippen molar-refractivity contribution in [2.75, 3.05) is 50.7 Å². The van der Waals surface area contributed by atoms with Crippen LogP contribution >= 0.6 is 0 Å². The molecule has 1 saturated heterocycles. The summed E-state index contributed by atoms with van der Waals surface area (Å²) in [7, 11) is 0. The van der Waals surface area contributed by atoms with Gasteiger partial charge in [0, 0.05) is 31.9 Å². The first-order valence-corrected chi connectivity index (χ1v) is 8.77. The molecule has 6 nitrogen and oxygen atoms in total. The van der Waals surface area contributed by atoms with Gasteiger partial charge in [-0.15, -0.1) is 0 Å². The van der Waals surface area contributed by atoms with E-state index in [0.29, 0.717) is 19.6 Å². The third-order valence-corrected chi connectivity index (χ3v) is 4.61. The summed E-state index contributed by atoms with van der Waals surface area (Å²) in [5.74, 6) is 0.644. The highest BCUT2D eigenvalue weighted by Crippen LogP contribution is 2.27. The fraction of sp³-hybridized carbons (Fsp3) is 0.556. The van der Waals surface area contributed by atoms with E-state index >= 15 is 0 Å². The maximum atomic E-state index is 12.2. The molecule has 0 unspecified atom stereocenters. The Morgan fingerprint density at radius 3 is 2.38 bits per heavy atom. The van der Waals surface area contributed by atoms with Crippen molar-refractivity contribution in [3.8, 4) is 0 Å². The number of hydrogen-bond donors (Lipinski definition) is 2. The number of hydrogen-bond acceptors (Lipinski definition) is 4. The second-order valence-electron chi connectivity index (χ2n) is 6.55. The number of benzene rings is 1. The zero-order chi connectivity index (χ0) is 16.8. The molecule has 2 N–H and O–H groups in total.